The van der Waals surface area contributed by atoms with Crippen LogP contribution >= 0.6 is 0 Å². The molecule has 0 spiro atoms. The summed E-state index contributed by atoms with van der Waals surface area (Å²) in [6.45, 7) is 1.96. The monoisotopic (exact) mass is 281 g/mol. The van der Waals surface area contributed by atoms with Gasteiger partial charge in [0.25, 0.3) is 0 Å². The van der Waals surface area contributed by atoms with Gasteiger partial charge in [0, 0.05) is 17.3 Å². The molecule has 3 nitrogen and oxygen atoms in total. The fourth-order valence-corrected chi connectivity index (χ4v) is 1.95. The van der Waals surface area contributed by atoms with Gasteiger partial charge in [-0.25, -0.2) is 9.97 Å². The van der Waals surface area contributed by atoms with Crippen molar-refractivity contribution in [1.82, 2.24) is 9.97 Å². The van der Waals surface area contributed by atoms with Gasteiger partial charge in [0.15, 0.2) is 5.82 Å². The molecule has 2 rings (SSSR count). The lowest BCUT2D eigenvalue weighted by Crippen LogP contribution is -2.09. The largest absolute Gasteiger partial charge is 0.417 e. The fourth-order valence-electron chi connectivity index (χ4n) is 1.95. The summed E-state index contributed by atoms with van der Waals surface area (Å²) in [5.41, 5.74) is 5.49. The number of nitrogens with two attached hydrogens (primary N) is 1. The molecule has 0 bridgehead atoms. The van der Waals surface area contributed by atoms with Crippen molar-refractivity contribution in [2.45, 2.75) is 25.9 Å². The first-order chi connectivity index (χ1) is 9.41. The number of benzene rings is 1. The van der Waals surface area contributed by atoms with E-state index >= 15 is 0 Å². The molecule has 1 aromatic heterocycles. The molecule has 0 radical (unpaired) electrons. The van der Waals surface area contributed by atoms with E-state index in [1.54, 1.807) is 6.07 Å². The van der Waals surface area contributed by atoms with E-state index in [1.165, 1.54) is 18.2 Å². The van der Waals surface area contributed by atoms with E-state index in [2.05, 4.69) is 9.97 Å². The molecule has 6 heteroatoms. The highest BCUT2D eigenvalue weighted by Gasteiger charge is 2.34. The SMILES string of the molecule is CCCc1cc(N)nc(-c2ccccc2C(F)(F)F)n1. The van der Waals surface area contributed by atoms with Crippen molar-refractivity contribution < 1.29 is 13.2 Å². The Hall–Kier alpha value is -2.11. The molecule has 0 fully saturated rings. The Balaban J connectivity index is 2.57. The van der Waals surface area contributed by atoms with Crippen LogP contribution in [0, 0.1) is 0 Å². The molecule has 0 saturated carbocycles. The summed E-state index contributed by atoms with van der Waals surface area (Å²) in [5, 5.41) is 0. The lowest BCUT2D eigenvalue weighted by molar-refractivity contribution is -0.137. The predicted molar refractivity (Wildman–Crippen MR) is 70.9 cm³/mol. The zero-order valence-electron chi connectivity index (χ0n) is 10.9. The molecule has 2 N–H and O–H groups in total. The summed E-state index contributed by atoms with van der Waals surface area (Å²) in [4.78, 5) is 8.10. The van der Waals surface area contributed by atoms with Crippen molar-refractivity contribution in [1.29, 1.82) is 0 Å². The highest BCUT2D eigenvalue weighted by atomic mass is 19.4. The van der Waals surface area contributed by atoms with Crippen LogP contribution < -0.4 is 5.73 Å². The van der Waals surface area contributed by atoms with Crippen molar-refractivity contribution in [3.05, 3.63) is 41.6 Å². The molecular weight excluding hydrogens is 267 g/mol. The van der Waals surface area contributed by atoms with Gasteiger partial charge in [0.05, 0.1) is 5.56 Å². The van der Waals surface area contributed by atoms with Crippen LogP contribution in [0.25, 0.3) is 11.4 Å². The molecular formula is C14H14F3N3. The normalized spacial score (nSPS) is 11.6. The molecule has 0 aliphatic rings. The van der Waals surface area contributed by atoms with Crippen molar-refractivity contribution >= 4 is 5.82 Å². The second kappa shape index (κ2) is 5.48. The van der Waals surface area contributed by atoms with Crippen LogP contribution in [-0.2, 0) is 12.6 Å². The number of aryl methyl sites for hydroxylation is 1. The molecule has 0 atom stereocenters. The van der Waals surface area contributed by atoms with Crippen LogP contribution in [0.15, 0.2) is 30.3 Å². The molecule has 0 aliphatic heterocycles. The number of nitrogen functional groups attached to an aromatic ring is 1. The summed E-state index contributed by atoms with van der Waals surface area (Å²) in [6.07, 6.45) is -2.97. The number of anilines is 1. The number of hydrogen-bond acceptors (Lipinski definition) is 3. The van der Waals surface area contributed by atoms with Crippen molar-refractivity contribution in [3.63, 3.8) is 0 Å². The zero-order chi connectivity index (χ0) is 14.8. The Kier molecular flexibility index (Phi) is 3.92. The third-order valence-corrected chi connectivity index (χ3v) is 2.78. The quantitative estimate of drug-likeness (QED) is 0.933. The van der Waals surface area contributed by atoms with Gasteiger partial charge < -0.3 is 5.73 Å². The average Bonchev–Trinajstić information content (AvgIpc) is 2.37. The van der Waals surface area contributed by atoms with Gasteiger partial charge in [0.1, 0.15) is 5.82 Å². The number of aromatic nitrogens is 2. The predicted octanol–water partition coefficient (Wildman–Crippen LogP) is 3.70. The van der Waals surface area contributed by atoms with Gasteiger partial charge in [-0.3, -0.25) is 0 Å². The van der Waals surface area contributed by atoms with Gasteiger partial charge in [-0.1, -0.05) is 31.5 Å². The summed E-state index contributed by atoms with van der Waals surface area (Å²) >= 11 is 0. The molecule has 0 unspecified atom stereocenters. The third-order valence-electron chi connectivity index (χ3n) is 2.78. The maximum Gasteiger partial charge on any atom is 0.417 e. The average molecular weight is 281 g/mol. The highest BCUT2D eigenvalue weighted by Crippen LogP contribution is 2.35. The van der Waals surface area contributed by atoms with Gasteiger partial charge in [-0.05, 0) is 12.5 Å². The highest BCUT2D eigenvalue weighted by molar-refractivity contribution is 5.62. The Bertz CT molecular complexity index is 609. The van der Waals surface area contributed by atoms with E-state index in [0.717, 1.165) is 12.5 Å². The molecule has 20 heavy (non-hydrogen) atoms. The molecule has 0 amide bonds. The van der Waals surface area contributed by atoms with E-state index < -0.39 is 11.7 Å². The molecule has 1 aromatic carbocycles. The number of halogens is 3. The lowest BCUT2D eigenvalue weighted by Gasteiger charge is -2.12. The van der Waals surface area contributed by atoms with Crippen molar-refractivity contribution in [2.75, 3.05) is 5.73 Å². The van der Waals surface area contributed by atoms with Gasteiger partial charge in [0.2, 0.25) is 0 Å². The van der Waals surface area contributed by atoms with Crippen LogP contribution in [0.5, 0.6) is 0 Å². The minimum absolute atomic E-state index is 0.0152. The third kappa shape index (κ3) is 3.07. The number of rotatable bonds is 3. The van der Waals surface area contributed by atoms with Crippen LogP contribution in [-0.4, -0.2) is 9.97 Å². The van der Waals surface area contributed by atoms with Crippen LogP contribution in [0.1, 0.15) is 24.6 Å². The second-order valence-corrected chi connectivity index (χ2v) is 4.40. The molecule has 1 heterocycles. The minimum Gasteiger partial charge on any atom is -0.384 e. The maximum absolute atomic E-state index is 13.0. The first-order valence-corrected chi connectivity index (χ1v) is 6.22. The minimum atomic E-state index is -4.45. The molecule has 2 aromatic rings. The summed E-state index contributed by atoms with van der Waals surface area (Å²) in [6, 6.07) is 6.82. The van der Waals surface area contributed by atoms with E-state index in [9.17, 15) is 13.2 Å². The van der Waals surface area contributed by atoms with E-state index in [0.29, 0.717) is 12.1 Å². The second-order valence-electron chi connectivity index (χ2n) is 4.40. The molecule has 0 aliphatic carbocycles. The van der Waals surface area contributed by atoms with Gasteiger partial charge in [-0.15, -0.1) is 0 Å². The van der Waals surface area contributed by atoms with Crippen LogP contribution in [0.4, 0.5) is 19.0 Å². The number of hydrogen-bond donors (Lipinski definition) is 1. The Morgan fingerprint density at radius 2 is 1.85 bits per heavy atom. The van der Waals surface area contributed by atoms with Crippen LogP contribution in [0.3, 0.4) is 0 Å². The summed E-state index contributed by atoms with van der Waals surface area (Å²) in [7, 11) is 0. The smallest absolute Gasteiger partial charge is 0.384 e. The van der Waals surface area contributed by atoms with E-state index in [1.807, 2.05) is 6.92 Å². The topological polar surface area (TPSA) is 51.8 Å². The van der Waals surface area contributed by atoms with Gasteiger partial charge in [-0.2, -0.15) is 13.2 Å². The van der Waals surface area contributed by atoms with Crippen molar-refractivity contribution in [2.24, 2.45) is 0 Å². The Labute approximate surface area is 114 Å². The lowest BCUT2D eigenvalue weighted by atomic mass is 10.1. The van der Waals surface area contributed by atoms with Crippen molar-refractivity contribution in [3.8, 4) is 11.4 Å². The summed E-state index contributed by atoms with van der Waals surface area (Å²) in [5.74, 6) is 0.191. The van der Waals surface area contributed by atoms with Gasteiger partial charge >= 0.3 is 6.18 Å². The standard InChI is InChI=1S/C14H14F3N3/c1-2-5-9-8-12(18)20-13(19-9)10-6-3-4-7-11(10)14(15,16)17/h3-4,6-8H,2,5H2,1H3,(H2,18,19,20). The van der Waals surface area contributed by atoms with Crippen LogP contribution in [0.2, 0.25) is 0 Å². The first kappa shape index (κ1) is 14.3. The molecule has 0 saturated heterocycles. The molecule has 106 valence electrons. The number of nitrogens with zero attached hydrogens (tertiary/aromatic N) is 2. The Morgan fingerprint density at radius 1 is 1.15 bits per heavy atom. The maximum atomic E-state index is 13.0. The number of alkyl halides is 3. The van der Waals surface area contributed by atoms with E-state index in [4.69, 9.17) is 5.73 Å². The zero-order valence-corrected chi connectivity index (χ0v) is 10.9. The summed E-state index contributed by atoms with van der Waals surface area (Å²) < 4.78 is 39.0. The fraction of sp³-hybridized carbons (Fsp3) is 0.286. The first-order valence-electron chi connectivity index (χ1n) is 6.22. The Morgan fingerprint density at radius 3 is 2.50 bits per heavy atom. The van der Waals surface area contributed by atoms with E-state index in [-0.39, 0.29) is 17.2 Å².